The number of hydrogen-bond acceptors (Lipinski definition) is 1. The summed E-state index contributed by atoms with van der Waals surface area (Å²) in [6.07, 6.45) is 7.63. The van der Waals surface area contributed by atoms with Crippen LogP contribution in [-0.2, 0) is 0 Å². The molecular weight excluding hydrogens is 913 g/mol. The molecule has 4 aromatic carbocycles. The van der Waals surface area contributed by atoms with Crippen molar-refractivity contribution in [2.75, 3.05) is 0 Å². The van der Waals surface area contributed by atoms with Crippen LogP contribution in [0.15, 0.2) is 119 Å². The summed E-state index contributed by atoms with van der Waals surface area (Å²) < 4.78 is 6.27. The second kappa shape index (κ2) is 29.6. The van der Waals surface area contributed by atoms with Crippen molar-refractivity contribution in [3.63, 3.8) is 0 Å². The van der Waals surface area contributed by atoms with Gasteiger partial charge in [-0.15, -0.1) is 11.1 Å². The van der Waals surface area contributed by atoms with Gasteiger partial charge in [-0.1, -0.05) is 196 Å². The monoisotopic (exact) mass is 999 g/mol. The summed E-state index contributed by atoms with van der Waals surface area (Å²) in [6, 6.07) is 33.0. The van der Waals surface area contributed by atoms with Gasteiger partial charge in [0.05, 0.1) is 0 Å². The normalized spacial score (nSPS) is 12.0. The second-order valence-electron chi connectivity index (χ2n) is 21.5. The Balaban J connectivity index is 1.48. The Hall–Kier alpha value is -6.05. The average molecular weight is 1000 g/mol. The fourth-order valence-electron chi connectivity index (χ4n) is 10.6. The summed E-state index contributed by atoms with van der Waals surface area (Å²) in [5.74, 6) is 36.5. The van der Waals surface area contributed by atoms with Gasteiger partial charge >= 0.3 is 0 Å². The van der Waals surface area contributed by atoms with E-state index in [4.69, 9.17) is 4.74 Å². The van der Waals surface area contributed by atoms with Crippen molar-refractivity contribution in [3.05, 3.63) is 153 Å². The van der Waals surface area contributed by atoms with E-state index in [2.05, 4.69) is 230 Å². The lowest BCUT2D eigenvalue weighted by molar-refractivity contribution is 0.482. The molecule has 0 radical (unpaired) electrons. The third-order valence-corrected chi connectivity index (χ3v) is 27.0. The Labute approximate surface area is 448 Å². The fraction of sp³-hybridized carbons (Fsp3) is 0.429. The second-order valence-corrected chi connectivity index (χ2v) is 32.7. The van der Waals surface area contributed by atoms with Gasteiger partial charge in [-0.3, -0.25) is 0 Å². The minimum Gasteiger partial charge on any atom is -0.457 e. The van der Waals surface area contributed by atoms with Crippen LogP contribution in [-0.4, -0.2) is 16.1 Å². The molecule has 4 aromatic rings. The molecule has 0 spiro atoms. The van der Waals surface area contributed by atoms with Gasteiger partial charge in [0.1, 0.15) is 27.6 Å². The molecular formula is C70H86OSi2. The van der Waals surface area contributed by atoms with E-state index in [9.17, 15) is 0 Å². The zero-order valence-electron chi connectivity index (χ0n) is 47.8. The molecule has 0 N–H and O–H groups in total. The largest absolute Gasteiger partial charge is 0.457 e. The molecule has 0 bridgehead atoms. The molecule has 0 aromatic heterocycles. The molecule has 0 aliphatic carbocycles. The first-order valence-corrected chi connectivity index (χ1v) is 32.1. The lowest BCUT2D eigenvalue weighted by Gasteiger charge is -2.38. The first kappa shape index (κ1) is 59.5. The number of benzene rings is 4. The van der Waals surface area contributed by atoms with Crippen molar-refractivity contribution in [1.29, 1.82) is 0 Å². The highest BCUT2D eigenvalue weighted by Gasteiger charge is 2.42. The van der Waals surface area contributed by atoms with E-state index in [0.29, 0.717) is 33.2 Å². The first-order valence-electron chi connectivity index (χ1n) is 27.6. The van der Waals surface area contributed by atoms with Gasteiger partial charge in [0, 0.05) is 55.7 Å². The van der Waals surface area contributed by atoms with Crippen LogP contribution in [0, 0.1) is 70.3 Å². The Morgan fingerprint density at radius 1 is 0.315 bits per heavy atom. The zero-order valence-corrected chi connectivity index (χ0v) is 49.8. The molecule has 73 heavy (non-hydrogen) atoms. The predicted octanol–water partition coefficient (Wildman–Crippen LogP) is 19.2. The van der Waals surface area contributed by atoms with E-state index in [-0.39, 0.29) is 0 Å². The van der Waals surface area contributed by atoms with Crippen LogP contribution >= 0.6 is 0 Å². The maximum Gasteiger partial charge on any atom is 0.146 e. The van der Waals surface area contributed by atoms with Gasteiger partial charge in [0.25, 0.3) is 0 Å². The molecule has 0 fully saturated rings. The quantitative estimate of drug-likeness (QED) is 0.0803. The van der Waals surface area contributed by atoms with Crippen molar-refractivity contribution in [1.82, 2.24) is 0 Å². The van der Waals surface area contributed by atoms with Crippen molar-refractivity contribution in [3.8, 4) is 81.8 Å². The lowest BCUT2D eigenvalue weighted by Crippen LogP contribution is -2.43. The molecule has 380 valence electrons. The van der Waals surface area contributed by atoms with Crippen LogP contribution in [0.4, 0.5) is 0 Å². The molecule has 3 heteroatoms. The molecule has 0 atom stereocenters. The highest BCUT2D eigenvalue weighted by atomic mass is 28.3. The van der Waals surface area contributed by atoms with E-state index >= 15 is 0 Å². The third-order valence-electron chi connectivity index (χ3n) is 14.5. The smallest absolute Gasteiger partial charge is 0.146 e. The van der Waals surface area contributed by atoms with E-state index in [1.165, 1.54) is 0 Å². The molecule has 4 rings (SSSR count). The van der Waals surface area contributed by atoms with Crippen LogP contribution in [0.5, 0.6) is 11.5 Å². The molecule has 0 aliphatic rings. The van der Waals surface area contributed by atoms with Crippen LogP contribution in [0.25, 0.3) is 0 Å². The van der Waals surface area contributed by atoms with Crippen molar-refractivity contribution in [2.45, 2.75) is 195 Å². The molecule has 0 saturated heterocycles. The molecule has 0 heterocycles. The van der Waals surface area contributed by atoms with Crippen LogP contribution in [0.2, 0.25) is 33.2 Å². The minimum absolute atomic E-state index is 0.610. The average Bonchev–Trinajstić information content (AvgIpc) is 3.35. The van der Waals surface area contributed by atoms with Gasteiger partial charge in [-0.25, -0.2) is 0 Å². The fourth-order valence-corrected chi connectivity index (χ4v) is 21.0. The third kappa shape index (κ3) is 17.0. The number of hydrogen-bond donors (Lipinski definition) is 0. The van der Waals surface area contributed by atoms with E-state index in [0.717, 1.165) is 119 Å². The molecule has 0 saturated carbocycles. The van der Waals surface area contributed by atoms with Crippen LogP contribution in [0.1, 0.15) is 196 Å². The highest BCUT2D eigenvalue weighted by Crippen LogP contribution is 2.42. The zero-order chi connectivity index (χ0) is 53.6. The van der Waals surface area contributed by atoms with E-state index in [1.807, 2.05) is 48.5 Å². The molecule has 0 amide bonds. The van der Waals surface area contributed by atoms with Gasteiger partial charge in [0.2, 0.25) is 0 Å². The summed E-state index contributed by atoms with van der Waals surface area (Å²) in [5, 5.41) is 0. The number of ether oxygens (including phenoxy) is 1. The van der Waals surface area contributed by atoms with Gasteiger partial charge in [-0.2, -0.15) is 0 Å². The topological polar surface area (TPSA) is 9.23 Å². The molecule has 0 unspecified atom stereocenters. The summed E-state index contributed by atoms with van der Waals surface area (Å²) >= 11 is 0. The van der Waals surface area contributed by atoms with Crippen LogP contribution in [0.3, 0.4) is 0 Å². The van der Waals surface area contributed by atoms with Crippen molar-refractivity contribution >= 4 is 16.1 Å². The van der Waals surface area contributed by atoms with Crippen LogP contribution < -0.4 is 4.74 Å². The Morgan fingerprint density at radius 2 is 0.507 bits per heavy atom. The van der Waals surface area contributed by atoms with Crippen molar-refractivity contribution < 1.29 is 4.74 Å². The maximum atomic E-state index is 6.27. The van der Waals surface area contributed by atoms with Crippen molar-refractivity contribution in [2.24, 2.45) is 0 Å². The predicted molar refractivity (Wildman–Crippen MR) is 323 cm³/mol. The first-order chi connectivity index (χ1) is 34.9. The van der Waals surface area contributed by atoms with Gasteiger partial charge in [0.15, 0.2) is 0 Å². The van der Waals surface area contributed by atoms with E-state index in [1.54, 1.807) is 0 Å². The standard InChI is InChI=1S/C70H86OSi2/c1-17-21-65(41-33-59-25-29-63(30-26-59)49-51-72(53(5)6,54(7)8)55(9)10)67(23-19-3)43-35-61-37-45-69(46-38-61)71-70-47-39-62(40-48-70)36-44-68(24-20-4)66(22-18-2)42-34-60-27-31-64(32-28-60)50-52-73(56(11)12,57(13)14)58(15)16/h25-32,37-40,45-48,53-58H,17-24H2,1-16H3. The summed E-state index contributed by atoms with van der Waals surface area (Å²) in [7, 11) is -3.58. The summed E-state index contributed by atoms with van der Waals surface area (Å²) in [6.45, 7) is 37.1. The van der Waals surface area contributed by atoms with Gasteiger partial charge in [-0.05, 0) is 156 Å². The van der Waals surface area contributed by atoms with E-state index < -0.39 is 16.1 Å². The van der Waals surface area contributed by atoms with Gasteiger partial charge < -0.3 is 4.74 Å². The number of allylic oxidation sites excluding steroid dienone is 4. The minimum atomic E-state index is -1.79. The molecule has 0 aliphatic heterocycles. The summed E-state index contributed by atoms with van der Waals surface area (Å²) in [4.78, 5) is 0. The Morgan fingerprint density at radius 3 is 0.699 bits per heavy atom. The SMILES string of the molecule is CCCC(C#Cc1ccc(C#C[Si](C(C)C)(C(C)C)C(C)C)cc1)=C(C#Cc1ccc(Oc2ccc(C#CC(CCC)=C(C#Cc3ccc(C#C[Si](C(C)C)(C(C)C)C(C)C)cc3)CCC)cc2)cc1)CCC. The summed E-state index contributed by atoms with van der Waals surface area (Å²) in [5.41, 5.74) is 21.9. The Kier molecular flexibility index (Phi) is 24.1. The maximum absolute atomic E-state index is 6.27. The lowest BCUT2D eigenvalue weighted by atomic mass is 9.99. The Bertz CT molecular complexity index is 2620. The highest BCUT2D eigenvalue weighted by molar-refractivity contribution is 6.91. The number of rotatable bonds is 16. The molecule has 1 nitrogen and oxygen atoms in total.